The van der Waals surface area contributed by atoms with Crippen LogP contribution in [-0.2, 0) is 9.53 Å². The van der Waals surface area contributed by atoms with Crippen LogP contribution < -0.4 is 0 Å². The Morgan fingerprint density at radius 3 is 2.50 bits per heavy atom. The maximum Gasteiger partial charge on any atom is 0.120 e. The van der Waals surface area contributed by atoms with Crippen LogP contribution in [-0.4, -0.2) is 19.5 Å². The second kappa shape index (κ2) is 7.12. The van der Waals surface area contributed by atoms with Crippen molar-refractivity contribution in [2.45, 2.75) is 31.6 Å². The van der Waals surface area contributed by atoms with Crippen molar-refractivity contribution >= 4 is 6.29 Å². The molecule has 0 aromatic heterocycles. The molecule has 0 saturated carbocycles. The van der Waals surface area contributed by atoms with E-state index in [0.29, 0.717) is 12.3 Å². The molecule has 0 bridgehead atoms. The van der Waals surface area contributed by atoms with Crippen LogP contribution in [0.15, 0.2) is 42.0 Å². The van der Waals surface area contributed by atoms with E-state index in [0.717, 1.165) is 38.8 Å². The molecule has 18 heavy (non-hydrogen) atoms. The lowest BCUT2D eigenvalue weighted by Crippen LogP contribution is -2.08. The minimum Gasteiger partial charge on any atom is -0.381 e. The minimum absolute atomic E-state index is 0.319. The molecule has 96 valence electrons. The molecule has 0 amide bonds. The van der Waals surface area contributed by atoms with Crippen LogP contribution >= 0.6 is 0 Å². The Balaban J connectivity index is 2.00. The molecule has 2 nitrogen and oxygen atoms in total. The van der Waals surface area contributed by atoms with E-state index in [1.54, 1.807) is 0 Å². The molecule has 0 N–H and O–H groups in total. The van der Waals surface area contributed by atoms with E-state index in [9.17, 15) is 4.79 Å². The highest BCUT2D eigenvalue weighted by molar-refractivity contribution is 5.51. The molecule has 2 heteroatoms. The summed E-state index contributed by atoms with van der Waals surface area (Å²) in [6.07, 6.45) is 6.98. The predicted octanol–water partition coefficient (Wildman–Crippen LogP) is 3.49. The van der Waals surface area contributed by atoms with Crippen LogP contribution in [0.2, 0.25) is 0 Å². The number of hydrogen-bond acceptors (Lipinski definition) is 2. The molecule has 1 aromatic rings. The monoisotopic (exact) mass is 244 g/mol. The molecule has 1 aromatic carbocycles. The number of carbonyl (C=O) groups excluding carboxylic acids is 1. The van der Waals surface area contributed by atoms with Crippen LogP contribution in [0.1, 0.15) is 37.2 Å². The number of carbonyl (C=O) groups is 1. The fraction of sp³-hybridized carbons (Fsp3) is 0.438. The van der Waals surface area contributed by atoms with Crippen LogP contribution in [0.3, 0.4) is 0 Å². The van der Waals surface area contributed by atoms with Gasteiger partial charge in [0, 0.05) is 6.42 Å². The molecule has 1 aliphatic rings. The smallest absolute Gasteiger partial charge is 0.120 e. The van der Waals surface area contributed by atoms with Crippen LogP contribution in [0.5, 0.6) is 0 Å². The summed E-state index contributed by atoms with van der Waals surface area (Å²) in [6.45, 7) is 1.69. The van der Waals surface area contributed by atoms with Crippen molar-refractivity contribution in [3.05, 3.63) is 47.5 Å². The summed E-state index contributed by atoms with van der Waals surface area (Å²) in [5, 5.41) is 0. The SMILES string of the molecule is O=CC[C@H](CC=C1CCOCC1)c1ccccc1. The highest BCUT2D eigenvalue weighted by Gasteiger charge is 2.11. The van der Waals surface area contributed by atoms with Gasteiger partial charge >= 0.3 is 0 Å². The Morgan fingerprint density at radius 2 is 1.83 bits per heavy atom. The van der Waals surface area contributed by atoms with Gasteiger partial charge in [0.1, 0.15) is 6.29 Å². The molecule has 2 rings (SSSR count). The molecule has 0 spiro atoms. The lowest BCUT2D eigenvalue weighted by atomic mass is 9.91. The van der Waals surface area contributed by atoms with E-state index in [2.05, 4.69) is 18.2 Å². The van der Waals surface area contributed by atoms with Gasteiger partial charge < -0.3 is 9.53 Å². The Labute approximate surface area is 109 Å². The van der Waals surface area contributed by atoms with Gasteiger partial charge in [0.15, 0.2) is 0 Å². The van der Waals surface area contributed by atoms with E-state index < -0.39 is 0 Å². The summed E-state index contributed by atoms with van der Waals surface area (Å²) in [7, 11) is 0. The zero-order chi connectivity index (χ0) is 12.6. The maximum atomic E-state index is 10.8. The first-order chi connectivity index (χ1) is 8.90. The van der Waals surface area contributed by atoms with Crippen LogP contribution in [0.4, 0.5) is 0 Å². The van der Waals surface area contributed by atoms with Gasteiger partial charge in [-0.05, 0) is 30.7 Å². The number of ether oxygens (including phenoxy) is 1. The fourth-order valence-electron chi connectivity index (χ4n) is 2.36. The fourth-order valence-corrected chi connectivity index (χ4v) is 2.36. The number of allylic oxidation sites excluding steroid dienone is 1. The average molecular weight is 244 g/mol. The third-order valence-corrected chi connectivity index (χ3v) is 3.48. The summed E-state index contributed by atoms with van der Waals surface area (Å²) in [5.74, 6) is 0.319. The second-order valence-electron chi connectivity index (χ2n) is 4.72. The van der Waals surface area contributed by atoms with Crippen molar-refractivity contribution in [2.75, 3.05) is 13.2 Å². The van der Waals surface area contributed by atoms with Crippen LogP contribution in [0, 0.1) is 0 Å². The second-order valence-corrected chi connectivity index (χ2v) is 4.72. The summed E-state index contributed by atoms with van der Waals surface area (Å²) in [6, 6.07) is 10.3. The molecule has 1 atom stereocenters. The Bertz CT molecular complexity index is 387. The van der Waals surface area contributed by atoms with E-state index in [1.807, 2.05) is 18.2 Å². The van der Waals surface area contributed by atoms with E-state index >= 15 is 0 Å². The summed E-state index contributed by atoms with van der Waals surface area (Å²) in [5.41, 5.74) is 2.74. The standard InChI is InChI=1S/C16H20O2/c17-11-8-16(15-4-2-1-3-5-15)7-6-14-9-12-18-13-10-14/h1-6,11,16H,7-10,12-13H2/t16-/m0/s1. The number of hydrogen-bond donors (Lipinski definition) is 0. The first kappa shape index (κ1) is 13.0. The molecule has 1 aliphatic heterocycles. The van der Waals surface area contributed by atoms with Crippen LogP contribution in [0.25, 0.3) is 0 Å². The summed E-state index contributed by atoms with van der Waals surface area (Å²) >= 11 is 0. The molecule has 0 radical (unpaired) electrons. The van der Waals surface area contributed by atoms with Gasteiger partial charge in [-0.1, -0.05) is 42.0 Å². The molecule has 1 saturated heterocycles. The van der Waals surface area contributed by atoms with Crippen molar-refractivity contribution in [1.29, 1.82) is 0 Å². The highest BCUT2D eigenvalue weighted by Crippen LogP contribution is 2.25. The molecular weight excluding hydrogens is 224 g/mol. The first-order valence-electron chi connectivity index (χ1n) is 6.64. The van der Waals surface area contributed by atoms with Crippen molar-refractivity contribution in [3.63, 3.8) is 0 Å². The zero-order valence-electron chi connectivity index (χ0n) is 10.7. The molecule has 0 aliphatic carbocycles. The van der Waals surface area contributed by atoms with Gasteiger partial charge in [-0.2, -0.15) is 0 Å². The third-order valence-electron chi connectivity index (χ3n) is 3.48. The maximum absolute atomic E-state index is 10.8. The van der Waals surface area contributed by atoms with Gasteiger partial charge in [-0.25, -0.2) is 0 Å². The summed E-state index contributed by atoms with van der Waals surface area (Å²) < 4.78 is 5.34. The van der Waals surface area contributed by atoms with Crippen molar-refractivity contribution < 1.29 is 9.53 Å². The predicted molar refractivity (Wildman–Crippen MR) is 72.6 cm³/mol. The lowest BCUT2D eigenvalue weighted by molar-refractivity contribution is -0.108. The van der Waals surface area contributed by atoms with Crippen molar-refractivity contribution in [3.8, 4) is 0 Å². The Kier molecular flexibility index (Phi) is 5.15. The quantitative estimate of drug-likeness (QED) is 0.585. The van der Waals surface area contributed by atoms with Gasteiger partial charge in [-0.3, -0.25) is 0 Å². The van der Waals surface area contributed by atoms with E-state index in [4.69, 9.17) is 4.74 Å². The van der Waals surface area contributed by atoms with Crippen molar-refractivity contribution in [1.82, 2.24) is 0 Å². The van der Waals surface area contributed by atoms with Gasteiger partial charge in [-0.15, -0.1) is 0 Å². The minimum atomic E-state index is 0.319. The van der Waals surface area contributed by atoms with Gasteiger partial charge in [0.05, 0.1) is 13.2 Å². The Morgan fingerprint density at radius 1 is 1.11 bits per heavy atom. The van der Waals surface area contributed by atoms with Crippen molar-refractivity contribution in [2.24, 2.45) is 0 Å². The Hall–Kier alpha value is -1.41. The van der Waals surface area contributed by atoms with E-state index in [1.165, 1.54) is 11.1 Å². The van der Waals surface area contributed by atoms with E-state index in [-0.39, 0.29) is 0 Å². The van der Waals surface area contributed by atoms with Gasteiger partial charge in [0.25, 0.3) is 0 Å². The number of aldehydes is 1. The lowest BCUT2D eigenvalue weighted by Gasteiger charge is -2.17. The largest absolute Gasteiger partial charge is 0.381 e. The number of benzene rings is 1. The first-order valence-corrected chi connectivity index (χ1v) is 6.64. The molecular formula is C16H20O2. The molecule has 0 unspecified atom stereocenters. The summed E-state index contributed by atoms with van der Waals surface area (Å²) in [4.78, 5) is 10.8. The highest BCUT2D eigenvalue weighted by atomic mass is 16.5. The number of rotatable bonds is 5. The molecule has 1 fully saturated rings. The topological polar surface area (TPSA) is 26.3 Å². The third kappa shape index (κ3) is 3.81. The van der Waals surface area contributed by atoms with Gasteiger partial charge in [0.2, 0.25) is 0 Å². The normalized spacial score (nSPS) is 17.2. The average Bonchev–Trinajstić information content (AvgIpc) is 2.45. The molecule has 1 heterocycles. The zero-order valence-corrected chi connectivity index (χ0v) is 10.7.